The Morgan fingerprint density at radius 1 is 1.53 bits per heavy atom. The Labute approximate surface area is 99.8 Å². The first kappa shape index (κ1) is 16.9. The molecule has 0 aliphatic rings. The van der Waals surface area contributed by atoms with E-state index in [4.69, 9.17) is 0 Å². The molecule has 0 aliphatic heterocycles. The van der Waals surface area contributed by atoms with Gasteiger partial charge in [0.25, 0.3) is 0 Å². The van der Waals surface area contributed by atoms with Gasteiger partial charge in [-0.2, -0.15) is 0 Å². The predicted octanol–water partition coefficient (Wildman–Crippen LogP) is 1.24. The molecular weight excluding hydrogens is 214 g/mol. The number of nitrogens with one attached hydrogen (secondary N) is 1. The molecule has 0 bridgehead atoms. The van der Waals surface area contributed by atoms with E-state index in [1.807, 2.05) is 14.0 Å². The van der Waals surface area contributed by atoms with E-state index in [0.29, 0.717) is 17.9 Å². The van der Waals surface area contributed by atoms with E-state index >= 15 is 0 Å². The topological polar surface area (TPSA) is 52.2 Å². The van der Waals surface area contributed by atoms with Crippen LogP contribution in [0.25, 0.3) is 0 Å². The fourth-order valence-corrected chi connectivity index (χ4v) is 1.35. The molecule has 4 heteroatoms. The standard InChI is InChI=1S/C11H21NO2.ClH/c1-5-9(11(13)14)7-10(12-4)6-8(2)3;/h7-8,10,12H,5-6H2,1-4H3,(H,13,14);1H/b9-7+;/t10-;/m0./s1. The van der Waals surface area contributed by atoms with Crippen LogP contribution in [0.15, 0.2) is 11.6 Å². The maximum absolute atomic E-state index is 10.7. The molecule has 0 aromatic rings. The average Bonchev–Trinajstić information content (AvgIpc) is 2.10. The minimum Gasteiger partial charge on any atom is -0.545 e. The molecule has 0 aliphatic carbocycles. The molecule has 0 aromatic carbocycles. The lowest BCUT2D eigenvalue weighted by Crippen LogP contribution is -2.29. The van der Waals surface area contributed by atoms with Crippen LogP contribution in [0.3, 0.4) is 0 Å². The SMILES string of the molecule is CC/C(=C\[C@H](CC(C)C)NC)C(=O)[O-].Cl.[H+]. The number of likely N-dealkylation sites (N-methyl/N-ethyl adjacent to an activating group) is 1. The summed E-state index contributed by atoms with van der Waals surface area (Å²) in [5, 5.41) is 13.7. The summed E-state index contributed by atoms with van der Waals surface area (Å²) in [7, 11) is 1.84. The number of rotatable bonds is 6. The van der Waals surface area contributed by atoms with Crippen molar-refractivity contribution in [2.24, 2.45) is 5.92 Å². The second kappa shape index (κ2) is 8.74. The normalized spacial score (nSPS) is 13.5. The molecule has 0 aromatic heterocycles. The van der Waals surface area contributed by atoms with Gasteiger partial charge in [-0.05, 0) is 31.4 Å². The summed E-state index contributed by atoms with van der Waals surface area (Å²) < 4.78 is 0. The zero-order chi connectivity index (χ0) is 11.1. The van der Waals surface area contributed by atoms with E-state index in [1.165, 1.54) is 0 Å². The van der Waals surface area contributed by atoms with E-state index in [2.05, 4.69) is 19.2 Å². The highest BCUT2D eigenvalue weighted by molar-refractivity contribution is 5.85. The summed E-state index contributed by atoms with van der Waals surface area (Å²) in [5.41, 5.74) is 0.380. The average molecular weight is 236 g/mol. The lowest BCUT2D eigenvalue weighted by Gasteiger charge is -2.16. The highest BCUT2D eigenvalue weighted by Crippen LogP contribution is 2.09. The molecule has 0 radical (unpaired) electrons. The zero-order valence-electron chi connectivity index (χ0n) is 10.9. The first-order valence-corrected chi connectivity index (χ1v) is 5.10. The van der Waals surface area contributed by atoms with Gasteiger partial charge in [-0.15, -0.1) is 12.4 Å². The quantitative estimate of drug-likeness (QED) is 0.705. The van der Waals surface area contributed by atoms with Gasteiger partial charge in [0.05, 0.1) is 5.97 Å². The maximum Gasteiger partial charge on any atom is 1.00 e. The van der Waals surface area contributed by atoms with E-state index < -0.39 is 5.97 Å². The summed E-state index contributed by atoms with van der Waals surface area (Å²) in [5.74, 6) is -0.514. The Bertz CT molecular complexity index is 220. The summed E-state index contributed by atoms with van der Waals surface area (Å²) in [6, 6.07) is 0.128. The van der Waals surface area contributed by atoms with Crippen LogP contribution in [-0.2, 0) is 4.79 Å². The molecular formula is C11H22ClNO2. The second-order valence-corrected chi connectivity index (χ2v) is 3.86. The van der Waals surface area contributed by atoms with Crippen molar-refractivity contribution in [1.82, 2.24) is 5.32 Å². The zero-order valence-corrected chi connectivity index (χ0v) is 10.7. The molecule has 1 N–H and O–H groups in total. The van der Waals surface area contributed by atoms with Crippen molar-refractivity contribution in [2.75, 3.05) is 7.05 Å². The Hall–Kier alpha value is -0.540. The lowest BCUT2D eigenvalue weighted by atomic mass is 10.0. The number of carboxylic acid groups (broad SMARTS) is 1. The second-order valence-electron chi connectivity index (χ2n) is 3.86. The van der Waals surface area contributed by atoms with Crippen molar-refractivity contribution >= 4 is 18.4 Å². The molecule has 0 fully saturated rings. The van der Waals surface area contributed by atoms with Crippen molar-refractivity contribution in [3.8, 4) is 0 Å². The number of hydrogen-bond acceptors (Lipinski definition) is 3. The largest absolute Gasteiger partial charge is 1.00 e. The third-order valence-electron chi connectivity index (χ3n) is 2.14. The monoisotopic (exact) mass is 235 g/mol. The van der Waals surface area contributed by atoms with E-state index in [-0.39, 0.29) is 19.9 Å². The molecule has 15 heavy (non-hydrogen) atoms. The van der Waals surface area contributed by atoms with Crippen LogP contribution in [-0.4, -0.2) is 19.1 Å². The summed E-state index contributed by atoms with van der Waals surface area (Å²) in [6.07, 6.45) is 3.21. The Balaban J connectivity index is -0.000000845. The van der Waals surface area contributed by atoms with Gasteiger partial charge in [-0.25, -0.2) is 0 Å². The minimum atomic E-state index is -1.06. The van der Waals surface area contributed by atoms with Crippen LogP contribution in [0.2, 0.25) is 0 Å². The van der Waals surface area contributed by atoms with Crippen LogP contribution < -0.4 is 10.4 Å². The molecule has 1 atom stereocenters. The predicted molar refractivity (Wildman–Crippen MR) is 64.0 cm³/mol. The van der Waals surface area contributed by atoms with Gasteiger partial charge in [-0.3, -0.25) is 0 Å². The number of aliphatic carboxylic acids is 1. The number of carbonyl (C=O) groups excluding carboxylic acids is 1. The molecule has 0 saturated heterocycles. The van der Waals surface area contributed by atoms with Crippen LogP contribution in [0, 0.1) is 5.92 Å². The van der Waals surface area contributed by atoms with Crippen LogP contribution >= 0.6 is 12.4 Å². The van der Waals surface area contributed by atoms with Crippen LogP contribution in [0.4, 0.5) is 0 Å². The van der Waals surface area contributed by atoms with Gasteiger partial charge in [-0.1, -0.05) is 26.8 Å². The Morgan fingerprint density at radius 3 is 2.33 bits per heavy atom. The third-order valence-corrected chi connectivity index (χ3v) is 2.14. The third kappa shape index (κ3) is 7.40. The van der Waals surface area contributed by atoms with Gasteiger partial charge in [0.1, 0.15) is 0 Å². The van der Waals surface area contributed by atoms with Gasteiger partial charge >= 0.3 is 1.43 Å². The van der Waals surface area contributed by atoms with Gasteiger partial charge < -0.3 is 15.2 Å². The summed E-state index contributed by atoms with van der Waals surface area (Å²) in [4.78, 5) is 10.7. The number of hydrogen-bond donors (Lipinski definition) is 1. The van der Waals surface area contributed by atoms with Crippen molar-refractivity contribution in [3.05, 3.63) is 11.6 Å². The first-order valence-electron chi connectivity index (χ1n) is 5.10. The van der Waals surface area contributed by atoms with Crippen LogP contribution in [0.5, 0.6) is 0 Å². The van der Waals surface area contributed by atoms with Crippen molar-refractivity contribution in [1.29, 1.82) is 0 Å². The molecule has 90 valence electrons. The van der Waals surface area contributed by atoms with Gasteiger partial charge in [0.2, 0.25) is 0 Å². The summed E-state index contributed by atoms with van der Waals surface area (Å²) >= 11 is 0. The number of carboxylic acids is 1. The lowest BCUT2D eigenvalue weighted by molar-refractivity contribution is -0.299. The van der Waals surface area contributed by atoms with E-state index in [1.54, 1.807) is 6.08 Å². The van der Waals surface area contributed by atoms with E-state index in [0.717, 1.165) is 6.42 Å². The van der Waals surface area contributed by atoms with Crippen LogP contribution in [0.1, 0.15) is 35.0 Å². The number of carbonyl (C=O) groups is 1. The smallest absolute Gasteiger partial charge is 0.545 e. The van der Waals surface area contributed by atoms with Crippen molar-refractivity contribution in [2.45, 2.75) is 39.7 Å². The fourth-order valence-electron chi connectivity index (χ4n) is 1.35. The first-order chi connectivity index (χ1) is 6.51. The molecule has 0 spiro atoms. The van der Waals surface area contributed by atoms with Crippen molar-refractivity contribution < 1.29 is 11.3 Å². The summed E-state index contributed by atoms with van der Waals surface area (Å²) in [6.45, 7) is 6.05. The highest BCUT2D eigenvalue weighted by atomic mass is 35.5. The highest BCUT2D eigenvalue weighted by Gasteiger charge is 2.06. The molecule has 0 saturated carbocycles. The molecule has 3 nitrogen and oxygen atoms in total. The molecule has 0 unspecified atom stereocenters. The fraction of sp³-hybridized carbons (Fsp3) is 0.727. The maximum atomic E-state index is 10.7. The van der Waals surface area contributed by atoms with E-state index in [9.17, 15) is 9.90 Å². The Kier molecular flexibility index (Phi) is 9.84. The van der Waals surface area contributed by atoms with Crippen molar-refractivity contribution in [3.63, 3.8) is 0 Å². The number of halogens is 1. The van der Waals surface area contributed by atoms with Gasteiger partial charge in [0.15, 0.2) is 0 Å². The molecule has 0 rings (SSSR count). The molecule has 0 amide bonds. The Morgan fingerprint density at radius 2 is 2.07 bits per heavy atom. The van der Waals surface area contributed by atoms with Gasteiger partial charge in [0, 0.05) is 6.04 Å². The molecule has 0 heterocycles. The minimum absolute atomic E-state index is 0.